The average molecular weight is 450 g/mol. The van der Waals surface area contributed by atoms with Crippen molar-refractivity contribution in [2.24, 2.45) is 0 Å². The molecule has 0 rings (SSSR count). The first-order valence-corrected chi connectivity index (χ1v) is 12.7. The van der Waals surface area contributed by atoms with Crippen LogP contribution in [0.5, 0.6) is 0 Å². The molecule has 0 radical (unpaired) electrons. The number of ether oxygens (including phenoxy) is 2. The van der Waals surface area contributed by atoms with E-state index in [1.807, 2.05) is 0 Å². The Kier molecular flexibility index (Phi) is 13.7. The van der Waals surface area contributed by atoms with E-state index in [2.05, 4.69) is 0 Å². The highest BCUT2D eigenvalue weighted by molar-refractivity contribution is 8.00. The van der Waals surface area contributed by atoms with Gasteiger partial charge in [0.05, 0.1) is 27.7 Å². The summed E-state index contributed by atoms with van der Waals surface area (Å²) in [6.45, 7) is 1.39. The summed E-state index contributed by atoms with van der Waals surface area (Å²) in [5.74, 6) is -0.710. The van der Waals surface area contributed by atoms with Crippen molar-refractivity contribution >= 4 is 36.7 Å². The van der Waals surface area contributed by atoms with Gasteiger partial charge in [-0.3, -0.25) is 4.79 Å². The number of rotatable bonds is 16. The zero-order valence-electron chi connectivity index (χ0n) is 16.0. The van der Waals surface area contributed by atoms with E-state index in [4.69, 9.17) is 22.8 Å². The molecule has 27 heavy (non-hydrogen) atoms. The monoisotopic (exact) mass is 449 g/mol. The highest BCUT2D eigenvalue weighted by atomic mass is 32.2. The Hall–Kier alpha value is -0.253. The van der Waals surface area contributed by atoms with Crippen molar-refractivity contribution in [1.82, 2.24) is 0 Å². The molecule has 0 heterocycles. The van der Waals surface area contributed by atoms with E-state index in [1.165, 1.54) is 28.3 Å². The lowest BCUT2D eigenvalue weighted by Gasteiger charge is -2.24. The minimum atomic E-state index is -4.36. The molecule has 0 aromatic heterocycles. The number of thioether (sulfide) groups is 1. The largest absolute Gasteiger partial charge is 0.748 e. The van der Waals surface area contributed by atoms with Crippen LogP contribution in [-0.4, -0.2) is 96.9 Å². The van der Waals surface area contributed by atoms with Crippen LogP contribution in [-0.2, 0) is 37.7 Å². The predicted octanol–water partition coefficient (Wildman–Crippen LogP) is -0.158. The standard InChI is InChI=1S/C14H30O10S2Si/c1-12(26(17,18)19)10-25-11-14(16)24-9-13(15)8-23-6-5-7-27(20-2,21-3)22-4/h12-13,15H,5-11H2,1-4H3,(H,17,18,19)/p-1. The normalized spacial score (nSPS) is 14.7. The maximum absolute atomic E-state index is 11.5. The third kappa shape index (κ3) is 12.0. The molecule has 13 heteroatoms. The number of esters is 1. The molecule has 0 aliphatic rings. The molecule has 0 spiro atoms. The molecule has 0 bridgehead atoms. The van der Waals surface area contributed by atoms with Crippen molar-refractivity contribution in [2.45, 2.75) is 30.7 Å². The van der Waals surface area contributed by atoms with E-state index in [0.717, 1.165) is 11.8 Å². The molecule has 10 nitrogen and oxygen atoms in total. The zero-order valence-corrected chi connectivity index (χ0v) is 18.7. The Balaban J connectivity index is 3.82. The van der Waals surface area contributed by atoms with Gasteiger partial charge < -0.3 is 32.4 Å². The van der Waals surface area contributed by atoms with Crippen molar-refractivity contribution < 1.29 is 45.6 Å². The van der Waals surface area contributed by atoms with Gasteiger partial charge in [-0.05, 0) is 13.3 Å². The minimum absolute atomic E-state index is 0.00181. The van der Waals surface area contributed by atoms with E-state index < -0.39 is 36.2 Å². The molecule has 0 saturated heterocycles. The van der Waals surface area contributed by atoms with Gasteiger partial charge in [0.15, 0.2) is 0 Å². The van der Waals surface area contributed by atoms with Crippen LogP contribution in [0, 0.1) is 0 Å². The highest BCUT2D eigenvalue weighted by Crippen LogP contribution is 2.14. The Morgan fingerprint density at radius 1 is 1.19 bits per heavy atom. The van der Waals surface area contributed by atoms with Crippen molar-refractivity contribution in [2.75, 3.05) is 52.7 Å². The van der Waals surface area contributed by atoms with Gasteiger partial charge in [-0.2, -0.15) is 0 Å². The molecule has 0 aromatic rings. The molecule has 2 atom stereocenters. The summed E-state index contributed by atoms with van der Waals surface area (Å²) in [6.07, 6.45) is -0.361. The second-order valence-electron chi connectivity index (χ2n) is 5.63. The maximum atomic E-state index is 11.5. The van der Waals surface area contributed by atoms with Gasteiger partial charge in [0.25, 0.3) is 0 Å². The second kappa shape index (κ2) is 13.8. The van der Waals surface area contributed by atoms with E-state index in [-0.39, 0.29) is 24.7 Å². The molecule has 162 valence electrons. The maximum Gasteiger partial charge on any atom is 0.500 e. The quantitative estimate of drug-likeness (QED) is 0.145. The van der Waals surface area contributed by atoms with Crippen LogP contribution in [0.2, 0.25) is 6.04 Å². The first-order chi connectivity index (χ1) is 12.6. The smallest absolute Gasteiger partial charge is 0.500 e. The lowest BCUT2D eigenvalue weighted by Crippen LogP contribution is -2.42. The van der Waals surface area contributed by atoms with Gasteiger partial charge in [-0.25, -0.2) is 8.42 Å². The number of carbonyl (C=O) groups excluding carboxylic acids is 1. The highest BCUT2D eigenvalue weighted by Gasteiger charge is 2.36. The first-order valence-electron chi connectivity index (χ1n) is 8.19. The summed E-state index contributed by atoms with van der Waals surface area (Å²) >= 11 is 0.983. The molecule has 2 unspecified atom stereocenters. The molecular formula is C14H29O10S2Si-. The van der Waals surface area contributed by atoms with Crippen LogP contribution in [0.25, 0.3) is 0 Å². The molecule has 0 fully saturated rings. The van der Waals surface area contributed by atoms with Gasteiger partial charge in [0, 0.05) is 39.7 Å². The van der Waals surface area contributed by atoms with Gasteiger partial charge in [0.1, 0.15) is 12.7 Å². The lowest BCUT2D eigenvalue weighted by atomic mass is 10.4. The van der Waals surface area contributed by atoms with E-state index in [9.17, 15) is 22.9 Å². The van der Waals surface area contributed by atoms with Gasteiger partial charge in [-0.1, -0.05) is 0 Å². The molecule has 0 saturated carbocycles. The Morgan fingerprint density at radius 3 is 2.30 bits per heavy atom. The van der Waals surface area contributed by atoms with Crippen LogP contribution in [0.4, 0.5) is 0 Å². The summed E-state index contributed by atoms with van der Waals surface area (Å²) in [4.78, 5) is 11.5. The molecule has 1 N–H and O–H groups in total. The van der Waals surface area contributed by atoms with Gasteiger partial charge in [0.2, 0.25) is 0 Å². The summed E-state index contributed by atoms with van der Waals surface area (Å²) in [6, 6.07) is 0.566. The van der Waals surface area contributed by atoms with Crippen LogP contribution in [0.15, 0.2) is 0 Å². The van der Waals surface area contributed by atoms with Crippen LogP contribution >= 0.6 is 11.8 Å². The van der Waals surface area contributed by atoms with Crippen molar-refractivity contribution in [1.29, 1.82) is 0 Å². The SMILES string of the molecule is CO[Si](CCCOCC(O)COC(=O)CSCC(C)S(=O)(=O)[O-])(OC)OC. The van der Waals surface area contributed by atoms with Crippen molar-refractivity contribution in [3.05, 3.63) is 0 Å². The van der Waals surface area contributed by atoms with Crippen LogP contribution in [0.1, 0.15) is 13.3 Å². The van der Waals surface area contributed by atoms with Crippen LogP contribution < -0.4 is 0 Å². The summed E-state index contributed by atoms with van der Waals surface area (Å²) in [7, 11) is -2.41. The lowest BCUT2D eigenvalue weighted by molar-refractivity contribution is -0.144. The predicted molar refractivity (Wildman–Crippen MR) is 100 cm³/mol. The third-order valence-corrected chi connectivity index (χ3v) is 8.89. The fourth-order valence-electron chi connectivity index (χ4n) is 1.84. The fourth-order valence-corrected chi connectivity index (χ4v) is 5.18. The second-order valence-corrected chi connectivity index (χ2v) is 11.5. The summed E-state index contributed by atoms with van der Waals surface area (Å²) < 4.78 is 58.2. The van der Waals surface area contributed by atoms with Gasteiger partial charge >= 0.3 is 14.8 Å². The molecule has 0 aliphatic heterocycles. The molecule has 0 aromatic carbocycles. The number of aliphatic hydroxyl groups is 1. The zero-order chi connectivity index (χ0) is 20.9. The van der Waals surface area contributed by atoms with Crippen molar-refractivity contribution in [3.8, 4) is 0 Å². The summed E-state index contributed by atoms with van der Waals surface area (Å²) in [5.41, 5.74) is 0. The number of hydrogen-bond donors (Lipinski definition) is 1. The van der Waals surface area contributed by atoms with E-state index in [0.29, 0.717) is 19.1 Å². The van der Waals surface area contributed by atoms with E-state index in [1.54, 1.807) is 0 Å². The minimum Gasteiger partial charge on any atom is -0.748 e. The molecule has 0 amide bonds. The average Bonchev–Trinajstić information content (AvgIpc) is 2.62. The molecule has 0 aliphatic carbocycles. The topological polar surface area (TPSA) is 141 Å². The Morgan fingerprint density at radius 2 is 1.78 bits per heavy atom. The van der Waals surface area contributed by atoms with Crippen molar-refractivity contribution in [3.63, 3.8) is 0 Å². The number of carbonyl (C=O) groups is 1. The summed E-state index contributed by atoms with van der Waals surface area (Å²) in [5, 5.41) is 8.64. The first kappa shape index (κ1) is 26.7. The molecular weight excluding hydrogens is 420 g/mol. The number of hydrogen-bond acceptors (Lipinski definition) is 11. The number of aliphatic hydroxyl groups excluding tert-OH is 1. The Labute approximate surface area is 166 Å². The Bertz CT molecular complexity index is 504. The third-order valence-electron chi connectivity index (χ3n) is 3.52. The van der Waals surface area contributed by atoms with E-state index >= 15 is 0 Å². The van der Waals surface area contributed by atoms with Crippen LogP contribution in [0.3, 0.4) is 0 Å². The fraction of sp³-hybridized carbons (Fsp3) is 0.929. The van der Waals surface area contributed by atoms with Gasteiger partial charge in [-0.15, -0.1) is 11.8 Å².